The Bertz CT molecular complexity index is 714. The van der Waals surface area contributed by atoms with E-state index in [4.69, 9.17) is 5.73 Å². The molecular formula is C15H15BrF2N2O2. The normalized spacial score (nSPS) is 13.7. The SMILES string of the molecule is COC(=O)c1cc(F)cn1CC(C)(N)c1cc(Br)ccc1F. The molecule has 1 unspecified atom stereocenters. The lowest BCUT2D eigenvalue weighted by atomic mass is 9.92. The standard InChI is InChI=1S/C15H15BrF2N2O2/c1-15(19,11-5-9(16)3-4-12(11)18)8-20-7-10(17)6-13(20)14(21)22-2/h3-7H,8,19H2,1-2H3. The van der Waals surface area contributed by atoms with Crippen LogP contribution in [0.4, 0.5) is 8.78 Å². The second-order valence-corrected chi connectivity index (χ2v) is 6.12. The highest BCUT2D eigenvalue weighted by atomic mass is 79.9. The molecule has 4 nitrogen and oxygen atoms in total. The highest BCUT2D eigenvalue weighted by molar-refractivity contribution is 9.10. The van der Waals surface area contributed by atoms with Crippen molar-refractivity contribution >= 4 is 21.9 Å². The van der Waals surface area contributed by atoms with Gasteiger partial charge in [-0.15, -0.1) is 0 Å². The lowest BCUT2D eigenvalue weighted by Gasteiger charge is -2.27. The summed E-state index contributed by atoms with van der Waals surface area (Å²) >= 11 is 3.26. The summed E-state index contributed by atoms with van der Waals surface area (Å²) in [6.45, 7) is 1.62. The zero-order chi connectivity index (χ0) is 16.5. The maximum Gasteiger partial charge on any atom is 0.354 e. The summed E-state index contributed by atoms with van der Waals surface area (Å²) in [6, 6.07) is 5.47. The van der Waals surface area contributed by atoms with Gasteiger partial charge in [0.25, 0.3) is 0 Å². The minimum absolute atomic E-state index is 0.00866. The number of carbonyl (C=O) groups excluding carboxylic acids is 1. The Hall–Kier alpha value is -1.73. The first-order valence-electron chi connectivity index (χ1n) is 6.43. The number of benzene rings is 1. The average Bonchev–Trinajstić information content (AvgIpc) is 2.80. The van der Waals surface area contributed by atoms with Gasteiger partial charge in [0.05, 0.1) is 12.6 Å². The molecule has 2 aromatic rings. The molecule has 0 spiro atoms. The number of ether oxygens (including phenoxy) is 1. The summed E-state index contributed by atoms with van der Waals surface area (Å²) in [7, 11) is 1.20. The molecule has 2 rings (SSSR count). The van der Waals surface area contributed by atoms with Crippen molar-refractivity contribution in [2.24, 2.45) is 5.73 Å². The van der Waals surface area contributed by atoms with Crippen molar-refractivity contribution in [3.63, 3.8) is 0 Å². The maximum atomic E-state index is 14.0. The summed E-state index contributed by atoms with van der Waals surface area (Å²) < 4.78 is 34.1. The first-order valence-corrected chi connectivity index (χ1v) is 7.22. The van der Waals surface area contributed by atoms with Gasteiger partial charge in [0.15, 0.2) is 0 Å². The van der Waals surface area contributed by atoms with Gasteiger partial charge in [-0.25, -0.2) is 13.6 Å². The van der Waals surface area contributed by atoms with Gasteiger partial charge >= 0.3 is 5.97 Å². The average molecular weight is 373 g/mol. The van der Waals surface area contributed by atoms with E-state index < -0.39 is 23.1 Å². The first kappa shape index (κ1) is 16.6. The van der Waals surface area contributed by atoms with E-state index in [2.05, 4.69) is 20.7 Å². The number of esters is 1. The van der Waals surface area contributed by atoms with E-state index in [-0.39, 0.29) is 17.8 Å². The topological polar surface area (TPSA) is 57.2 Å². The van der Waals surface area contributed by atoms with Crippen LogP contribution in [0.3, 0.4) is 0 Å². The van der Waals surface area contributed by atoms with Crippen LogP contribution in [0.5, 0.6) is 0 Å². The molecule has 2 N–H and O–H groups in total. The van der Waals surface area contributed by atoms with Crippen molar-refractivity contribution in [1.29, 1.82) is 0 Å². The molecule has 118 valence electrons. The molecule has 0 fully saturated rings. The van der Waals surface area contributed by atoms with E-state index in [9.17, 15) is 13.6 Å². The Morgan fingerprint density at radius 1 is 1.41 bits per heavy atom. The highest BCUT2D eigenvalue weighted by Crippen LogP contribution is 2.27. The zero-order valence-corrected chi connectivity index (χ0v) is 13.7. The lowest BCUT2D eigenvalue weighted by molar-refractivity contribution is 0.0587. The molecule has 0 bridgehead atoms. The van der Waals surface area contributed by atoms with Crippen molar-refractivity contribution < 1.29 is 18.3 Å². The number of hydrogen-bond donors (Lipinski definition) is 1. The Labute approximate surface area is 135 Å². The summed E-state index contributed by atoms with van der Waals surface area (Å²) in [5.41, 5.74) is 5.33. The van der Waals surface area contributed by atoms with Crippen LogP contribution in [-0.4, -0.2) is 17.6 Å². The van der Waals surface area contributed by atoms with E-state index in [1.807, 2.05) is 0 Å². The molecule has 0 aliphatic rings. The van der Waals surface area contributed by atoms with Crippen LogP contribution in [0.1, 0.15) is 23.0 Å². The summed E-state index contributed by atoms with van der Waals surface area (Å²) in [5, 5.41) is 0. The fourth-order valence-corrected chi connectivity index (χ4v) is 2.62. The van der Waals surface area contributed by atoms with Gasteiger partial charge in [0.1, 0.15) is 17.3 Å². The Kier molecular flexibility index (Phi) is 4.67. The molecule has 1 atom stereocenters. The maximum absolute atomic E-state index is 14.0. The fraction of sp³-hybridized carbons (Fsp3) is 0.267. The Morgan fingerprint density at radius 3 is 2.73 bits per heavy atom. The molecule has 22 heavy (non-hydrogen) atoms. The second-order valence-electron chi connectivity index (χ2n) is 5.20. The monoisotopic (exact) mass is 372 g/mol. The number of nitrogens with zero attached hydrogens (tertiary/aromatic N) is 1. The number of rotatable bonds is 4. The molecule has 0 radical (unpaired) electrons. The van der Waals surface area contributed by atoms with Crippen LogP contribution in [0.2, 0.25) is 0 Å². The van der Waals surface area contributed by atoms with Crippen LogP contribution < -0.4 is 5.73 Å². The molecule has 7 heteroatoms. The van der Waals surface area contributed by atoms with Crippen LogP contribution in [0.25, 0.3) is 0 Å². The molecule has 0 saturated carbocycles. The third-order valence-electron chi connectivity index (χ3n) is 3.30. The molecule has 1 aromatic carbocycles. The number of nitrogens with two attached hydrogens (primary N) is 1. The summed E-state index contributed by atoms with van der Waals surface area (Å²) in [5.74, 6) is -1.75. The summed E-state index contributed by atoms with van der Waals surface area (Å²) in [4.78, 5) is 11.7. The number of halogens is 3. The van der Waals surface area contributed by atoms with Crippen LogP contribution >= 0.6 is 15.9 Å². The molecular weight excluding hydrogens is 358 g/mol. The minimum Gasteiger partial charge on any atom is -0.464 e. The summed E-state index contributed by atoms with van der Waals surface area (Å²) in [6.07, 6.45) is 1.13. The predicted octanol–water partition coefficient (Wildman–Crippen LogP) is 3.19. The van der Waals surface area contributed by atoms with Gasteiger partial charge in [-0.05, 0) is 25.1 Å². The van der Waals surface area contributed by atoms with Gasteiger partial charge < -0.3 is 15.0 Å². The molecule has 0 aliphatic carbocycles. The largest absolute Gasteiger partial charge is 0.464 e. The van der Waals surface area contributed by atoms with Crippen molar-refractivity contribution in [2.45, 2.75) is 19.0 Å². The van der Waals surface area contributed by atoms with Gasteiger partial charge in [-0.3, -0.25) is 0 Å². The molecule has 0 amide bonds. The minimum atomic E-state index is -1.15. The number of carbonyl (C=O) groups is 1. The number of methoxy groups -OCH3 is 1. The molecule has 1 heterocycles. The Balaban J connectivity index is 2.40. The molecule has 0 saturated heterocycles. The molecule has 1 aromatic heterocycles. The third-order valence-corrected chi connectivity index (χ3v) is 3.79. The quantitative estimate of drug-likeness (QED) is 0.838. The highest BCUT2D eigenvalue weighted by Gasteiger charge is 2.28. The van der Waals surface area contributed by atoms with Gasteiger partial charge in [0.2, 0.25) is 0 Å². The van der Waals surface area contributed by atoms with Crippen molar-refractivity contribution in [3.8, 4) is 0 Å². The smallest absolute Gasteiger partial charge is 0.354 e. The van der Waals surface area contributed by atoms with Crippen molar-refractivity contribution in [3.05, 3.63) is 57.8 Å². The second kappa shape index (κ2) is 6.18. The van der Waals surface area contributed by atoms with Crippen LogP contribution in [0.15, 0.2) is 34.9 Å². The first-order chi connectivity index (χ1) is 10.2. The van der Waals surface area contributed by atoms with Crippen LogP contribution in [0, 0.1) is 11.6 Å². The predicted molar refractivity (Wildman–Crippen MR) is 81.4 cm³/mol. The van der Waals surface area contributed by atoms with E-state index in [1.54, 1.807) is 19.1 Å². The van der Waals surface area contributed by atoms with E-state index in [0.29, 0.717) is 4.47 Å². The van der Waals surface area contributed by atoms with Gasteiger partial charge in [-0.2, -0.15) is 0 Å². The molecule has 0 aliphatic heterocycles. The van der Waals surface area contributed by atoms with Crippen molar-refractivity contribution in [1.82, 2.24) is 4.57 Å². The van der Waals surface area contributed by atoms with Gasteiger partial charge in [-0.1, -0.05) is 15.9 Å². The van der Waals surface area contributed by atoms with E-state index >= 15 is 0 Å². The van der Waals surface area contributed by atoms with E-state index in [1.165, 1.54) is 17.7 Å². The fourth-order valence-electron chi connectivity index (χ4n) is 2.25. The number of aromatic nitrogens is 1. The van der Waals surface area contributed by atoms with E-state index in [0.717, 1.165) is 12.3 Å². The van der Waals surface area contributed by atoms with Gasteiger partial charge in [0, 0.05) is 28.8 Å². The van der Waals surface area contributed by atoms with Crippen LogP contribution in [-0.2, 0) is 16.8 Å². The lowest BCUT2D eigenvalue weighted by Crippen LogP contribution is -2.39. The third kappa shape index (κ3) is 3.36. The Morgan fingerprint density at radius 2 is 2.09 bits per heavy atom. The zero-order valence-electron chi connectivity index (χ0n) is 12.1. The van der Waals surface area contributed by atoms with Crippen molar-refractivity contribution in [2.75, 3.05) is 7.11 Å². The number of hydrogen-bond acceptors (Lipinski definition) is 3.